The molecule has 0 fully saturated rings. The number of aromatic nitrogens is 6. The Morgan fingerprint density at radius 3 is 3.11 bits per heavy atom. The molecule has 0 spiro atoms. The normalized spacial score (nSPS) is 10.9. The summed E-state index contributed by atoms with van der Waals surface area (Å²) in [6, 6.07) is 2.04. The fourth-order valence-electron chi connectivity index (χ4n) is 1.59. The summed E-state index contributed by atoms with van der Waals surface area (Å²) >= 11 is 1.65. The molecule has 3 rings (SSSR count). The van der Waals surface area contributed by atoms with Crippen LogP contribution in [0.2, 0.25) is 0 Å². The summed E-state index contributed by atoms with van der Waals surface area (Å²) in [5.74, 6) is 1.03. The van der Waals surface area contributed by atoms with Gasteiger partial charge in [0, 0.05) is 6.20 Å². The lowest BCUT2D eigenvalue weighted by atomic mass is 10.3. The molecular formula is C10H11N7S. The van der Waals surface area contributed by atoms with Crippen molar-refractivity contribution in [1.82, 2.24) is 30.2 Å². The van der Waals surface area contributed by atoms with Crippen LogP contribution in [0.1, 0.15) is 17.1 Å². The summed E-state index contributed by atoms with van der Waals surface area (Å²) in [4.78, 5) is 8.49. The van der Waals surface area contributed by atoms with Crippen molar-refractivity contribution in [3.8, 4) is 0 Å². The van der Waals surface area contributed by atoms with E-state index in [9.17, 15) is 0 Å². The number of aromatic amines is 1. The molecule has 0 unspecified atom stereocenters. The third-order valence-electron chi connectivity index (χ3n) is 2.39. The van der Waals surface area contributed by atoms with Crippen LogP contribution in [0.4, 0.5) is 5.95 Å². The summed E-state index contributed by atoms with van der Waals surface area (Å²) in [5, 5.41) is 16.4. The van der Waals surface area contributed by atoms with Crippen molar-refractivity contribution >= 4 is 17.3 Å². The third-order valence-corrected chi connectivity index (χ3v) is 3.12. The lowest BCUT2D eigenvalue weighted by Crippen LogP contribution is -2.03. The number of nitrogens with two attached hydrogens (primary N) is 1. The number of nitrogens with zero attached hydrogens (tertiary/aromatic N) is 5. The smallest absolute Gasteiger partial charge is 0.197 e. The molecule has 0 aliphatic carbocycles. The fourth-order valence-corrected chi connectivity index (χ4v) is 2.25. The Morgan fingerprint density at radius 1 is 1.44 bits per heavy atom. The van der Waals surface area contributed by atoms with Gasteiger partial charge in [0.15, 0.2) is 11.8 Å². The molecule has 3 heterocycles. The maximum atomic E-state index is 5.50. The fraction of sp³-hybridized carbons (Fsp3) is 0.200. The molecule has 0 aliphatic rings. The summed E-state index contributed by atoms with van der Waals surface area (Å²) < 4.78 is 0. The molecule has 0 amide bonds. The zero-order valence-corrected chi connectivity index (χ0v) is 10.3. The van der Waals surface area contributed by atoms with Crippen LogP contribution in [-0.4, -0.2) is 30.2 Å². The number of hydrogen-bond acceptors (Lipinski definition) is 6. The summed E-state index contributed by atoms with van der Waals surface area (Å²) in [7, 11) is 0. The van der Waals surface area contributed by atoms with E-state index in [1.807, 2.05) is 11.4 Å². The molecule has 0 aromatic carbocycles. The van der Waals surface area contributed by atoms with Crippen LogP contribution < -0.4 is 5.73 Å². The quantitative estimate of drug-likeness (QED) is 0.719. The number of imidazole rings is 1. The summed E-state index contributed by atoms with van der Waals surface area (Å²) in [6.07, 6.45) is 2.27. The Morgan fingerprint density at radius 2 is 2.39 bits per heavy atom. The number of thiophene rings is 1. The highest BCUT2D eigenvalue weighted by atomic mass is 32.1. The van der Waals surface area contributed by atoms with Gasteiger partial charge in [0.25, 0.3) is 0 Å². The zero-order valence-electron chi connectivity index (χ0n) is 9.45. The molecule has 0 atom stereocenters. The first kappa shape index (κ1) is 10.9. The van der Waals surface area contributed by atoms with Crippen molar-refractivity contribution in [3.63, 3.8) is 0 Å². The molecule has 7 nitrogen and oxygen atoms in total. The minimum Gasteiger partial charge on any atom is -0.369 e. The van der Waals surface area contributed by atoms with Gasteiger partial charge in [-0.25, -0.2) is 4.98 Å². The number of nitrogens with one attached hydrogen (secondary N) is 1. The Kier molecular flexibility index (Phi) is 2.77. The van der Waals surface area contributed by atoms with E-state index in [1.165, 1.54) is 5.56 Å². The molecule has 0 saturated carbocycles. The molecule has 0 aliphatic heterocycles. The average Bonchev–Trinajstić information content (AvgIpc) is 3.04. The van der Waals surface area contributed by atoms with Gasteiger partial charge in [-0.05, 0) is 27.6 Å². The molecule has 0 bridgehead atoms. The molecule has 3 aromatic heterocycles. The van der Waals surface area contributed by atoms with Crippen molar-refractivity contribution in [3.05, 3.63) is 40.1 Å². The van der Waals surface area contributed by atoms with Crippen molar-refractivity contribution < 1.29 is 0 Å². The van der Waals surface area contributed by atoms with E-state index >= 15 is 0 Å². The molecule has 18 heavy (non-hydrogen) atoms. The van der Waals surface area contributed by atoms with Crippen LogP contribution in [0.3, 0.4) is 0 Å². The predicted octanol–water partition coefficient (Wildman–Crippen LogP) is 0.679. The van der Waals surface area contributed by atoms with E-state index in [4.69, 9.17) is 5.73 Å². The van der Waals surface area contributed by atoms with E-state index in [0.29, 0.717) is 24.7 Å². The molecule has 8 heteroatoms. The maximum Gasteiger partial charge on any atom is 0.197 e. The maximum absolute atomic E-state index is 5.50. The molecule has 92 valence electrons. The zero-order chi connectivity index (χ0) is 12.4. The van der Waals surface area contributed by atoms with Crippen molar-refractivity contribution in [2.45, 2.75) is 13.0 Å². The number of tetrazole rings is 1. The van der Waals surface area contributed by atoms with E-state index in [1.54, 1.807) is 22.3 Å². The van der Waals surface area contributed by atoms with Gasteiger partial charge in [0.05, 0.1) is 18.7 Å². The predicted molar refractivity (Wildman–Crippen MR) is 67.0 cm³/mol. The third kappa shape index (κ3) is 2.38. The largest absolute Gasteiger partial charge is 0.369 e. The van der Waals surface area contributed by atoms with Gasteiger partial charge < -0.3 is 10.7 Å². The minimum atomic E-state index is 0.399. The van der Waals surface area contributed by atoms with Crippen LogP contribution in [-0.2, 0) is 13.0 Å². The Bertz CT molecular complexity index is 624. The van der Waals surface area contributed by atoms with Gasteiger partial charge >= 0.3 is 0 Å². The second-order valence-electron chi connectivity index (χ2n) is 3.82. The van der Waals surface area contributed by atoms with Gasteiger partial charge in [-0.2, -0.15) is 16.1 Å². The van der Waals surface area contributed by atoms with E-state index < -0.39 is 0 Å². The highest BCUT2D eigenvalue weighted by molar-refractivity contribution is 7.07. The van der Waals surface area contributed by atoms with E-state index in [2.05, 4.69) is 30.8 Å². The second-order valence-corrected chi connectivity index (χ2v) is 4.60. The monoisotopic (exact) mass is 261 g/mol. The molecule has 0 radical (unpaired) electrons. The first-order chi connectivity index (χ1) is 8.79. The van der Waals surface area contributed by atoms with Crippen molar-refractivity contribution in [1.29, 1.82) is 0 Å². The van der Waals surface area contributed by atoms with E-state index in [0.717, 1.165) is 5.69 Å². The number of hydrogen-bond donors (Lipinski definition) is 2. The standard InChI is InChI=1S/C10H11N7S/c11-10-12-4-8(13-10)3-9-14-16-17(15-9)5-7-1-2-18-6-7/h1-2,4,6H,3,5H2,(H3,11,12,13). The van der Waals surface area contributed by atoms with Gasteiger partial charge in [0.2, 0.25) is 0 Å². The van der Waals surface area contributed by atoms with Crippen molar-refractivity contribution in [2.24, 2.45) is 0 Å². The number of anilines is 1. The Balaban J connectivity index is 1.69. The lowest BCUT2D eigenvalue weighted by molar-refractivity contribution is 0.571. The average molecular weight is 261 g/mol. The number of nitrogen functional groups attached to an aromatic ring is 1. The molecule has 3 N–H and O–H groups in total. The van der Waals surface area contributed by atoms with Gasteiger partial charge in [-0.3, -0.25) is 0 Å². The summed E-state index contributed by atoms with van der Waals surface area (Å²) in [6.45, 7) is 0.638. The van der Waals surface area contributed by atoms with Crippen LogP contribution in [0, 0.1) is 0 Å². The van der Waals surface area contributed by atoms with Gasteiger partial charge in [0.1, 0.15) is 0 Å². The first-order valence-electron chi connectivity index (χ1n) is 5.37. The SMILES string of the molecule is Nc1nc(Cc2nnn(Cc3ccsc3)n2)c[nH]1. The second kappa shape index (κ2) is 4.57. The molecular weight excluding hydrogens is 250 g/mol. The minimum absolute atomic E-state index is 0.399. The van der Waals surface area contributed by atoms with Crippen LogP contribution in [0.5, 0.6) is 0 Å². The highest BCUT2D eigenvalue weighted by Gasteiger charge is 2.07. The summed E-state index contributed by atoms with van der Waals surface area (Å²) in [5.41, 5.74) is 7.48. The molecule has 0 saturated heterocycles. The van der Waals surface area contributed by atoms with Crippen LogP contribution in [0.15, 0.2) is 23.0 Å². The van der Waals surface area contributed by atoms with Crippen LogP contribution >= 0.6 is 11.3 Å². The highest BCUT2D eigenvalue weighted by Crippen LogP contribution is 2.07. The van der Waals surface area contributed by atoms with Crippen molar-refractivity contribution in [2.75, 3.05) is 5.73 Å². The lowest BCUT2D eigenvalue weighted by Gasteiger charge is -1.93. The van der Waals surface area contributed by atoms with Gasteiger partial charge in [-0.15, -0.1) is 10.2 Å². The van der Waals surface area contributed by atoms with Gasteiger partial charge in [-0.1, -0.05) is 0 Å². The first-order valence-corrected chi connectivity index (χ1v) is 6.31. The van der Waals surface area contributed by atoms with E-state index in [-0.39, 0.29) is 0 Å². The topological polar surface area (TPSA) is 98.3 Å². The number of rotatable bonds is 4. The number of H-pyrrole nitrogens is 1. The molecule has 3 aromatic rings. The Labute approximate surface area is 107 Å². The Hall–Kier alpha value is -2.22. The van der Waals surface area contributed by atoms with Crippen LogP contribution in [0.25, 0.3) is 0 Å².